The smallest absolute Gasteiger partial charge is 0.216 e. The number of benzene rings is 1. The number of hydrogen-bond acceptors (Lipinski definition) is 3. The quantitative estimate of drug-likeness (QED) is 0.657. The molecule has 114 valence electrons. The first kappa shape index (κ1) is 17.4. The van der Waals surface area contributed by atoms with Crippen molar-refractivity contribution in [2.45, 2.75) is 26.5 Å². The highest BCUT2D eigenvalue weighted by Gasteiger charge is 2.21. The van der Waals surface area contributed by atoms with E-state index in [0.29, 0.717) is 13.1 Å². The average Bonchev–Trinajstić information content (AvgIpc) is 2.38. The maximum Gasteiger partial charge on any atom is 0.216 e. The number of hydrogen-bond donors (Lipinski definition) is 0. The van der Waals surface area contributed by atoms with Crippen molar-refractivity contribution >= 4 is 21.6 Å². The van der Waals surface area contributed by atoms with E-state index in [-0.39, 0.29) is 24.3 Å². The van der Waals surface area contributed by atoms with Crippen LogP contribution in [0.2, 0.25) is 0 Å². The van der Waals surface area contributed by atoms with E-state index in [1.165, 1.54) is 4.31 Å². The molecule has 20 heavy (non-hydrogen) atoms. The maximum atomic E-state index is 12.3. The molecule has 0 heterocycles. The molecule has 0 spiro atoms. The van der Waals surface area contributed by atoms with Gasteiger partial charge in [0.05, 0.1) is 18.5 Å². The van der Waals surface area contributed by atoms with Crippen LogP contribution in [-0.2, 0) is 21.3 Å². The second kappa shape index (κ2) is 8.62. The van der Waals surface area contributed by atoms with Gasteiger partial charge in [-0.25, -0.2) is 8.42 Å². The van der Waals surface area contributed by atoms with Crippen LogP contribution in [0.4, 0.5) is 0 Å². The summed E-state index contributed by atoms with van der Waals surface area (Å²) in [6.45, 7) is 4.62. The Morgan fingerprint density at radius 1 is 1.25 bits per heavy atom. The van der Waals surface area contributed by atoms with Crippen molar-refractivity contribution in [3.05, 3.63) is 35.9 Å². The van der Waals surface area contributed by atoms with Gasteiger partial charge in [-0.15, -0.1) is 11.6 Å². The molecule has 0 unspecified atom stereocenters. The van der Waals surface area contributed by atoms with E-state index >= 15 is 0 Å². The van der Waals surface area contributed by atoms with Crippen molar-refractivity contribution in [2.24, 2.45) is 0 Å². The molecule has 0 saturated carbocycles. The molecule has 4 nitrogen and oxygen atoms in total. The lowest BCUT2D eigenvalue weighted by atomic mass is 10.2. The molecule has 6 heteroatoms. The topological polar surface area (TPSA) is 46.6 Å². The molecule has 0 saturated heterocycles. The molecule has 0 aliphatic carbocycles. The summed E-state index contributed by atoms with van der Waals surface area (Å²) >= 11 is 5.72. The van der Waals surface area contributed by atoms with Gasteiger partial charge in [0.25, 0.3) is 0 Å². The van der Waals surface area contributed by atoms with Gasteiger partial charge in [0.1, 0.15) is 0 Å². The summed E-state index contributed by atoms with van der Waals surface area (Å²) in [5, 5.41) is 0. The fraction of sp³-hybridized carbons (Fsp3) is 0.571. The Morgan fingerprint density at radius 3 is 2.45 bits per heavy atom. The first-order valence-corrected chi connectivity index (χ1v) is 8.79. The van der Waals surface area contributed by atoms with Crippen LogP contribution in [-0.4, -0.2) is 43.6 Å². The predicted octanol–water partition coefficient (Wildman–Crippen LogP) is 2.48. The van der Waals surface area contributed by atoms with Crippen molar-refractivity contribution < 1.29 is 13.2 Å². The van der Waals surface area contributed by atoms with Crippen LogP contribution >= 0.6 is 11.6 Å². The van der Waals surface area contributed by atoms with Crippen molar-refractivity contribution in [1.82, 2.24) is 4.31 Å². The normalized spacial score (nSPS) is 12.2. The maximum absolute atomic E-state index is 12.3. The average molecular weight is 320 g/mol. The first-order valence-electron chi connectivity index (χ1n) is 6.65. The van der Waals surface area contributed by atoms with Gasteiger partial charge in [0, 0.05) is 19.0 Å². The molecule has 0 aliphatic heterocycles. The lowest BCUT2D eigenvalue weighted by Crippen LogP contribution is -2.35. The van der Waals surface area contributed by atoms with Gasteiger partial charge >= 0.3 is 0 Å². The number of rotatable bonds is 9. The SMILES string of the molecule is CC(C)OCCS(=O)(=O)N(CCCl)Cc1ccccc1. The van der Waals surface area contributed by atoms with Gasteiger partial charge in [-0.05, 0) is 19.4 Å². The standard InChI is InChI=1S/C14H22ClNO3S/c1-13(2)19-10-11-20(17,18)16(9-8-15)12-14-6-4-3-5-7-14/h3-7,13H,8-12H2,1-2H3. The fourth-order valence-corrected chi connectivity index (χ4v) is 3.30. The van der Waals surface area contributed by atoms with Crippen molar-refractivity contribution in [3.8, 4) is 0 Å². The molecule has 0 aliphatic rings. The molecule has 0 N–H and O–H groups in total. The first-order chi connectivity index (χ1) is 9.45. The largest absolute Gasteiger partial charge is 0.378 e. The fourth-order valence-electron chi connectivity index (χ4n) is 1.72. The molecular weight excluding hydrogens is 298 g/mol. The summed E-state index contributed by atoms with van der Waals surface area (Å²) < 4.78 is 31.3. The summed E-state index contributed by atoms with van der Waals surface area (Å²) in [7, 11) is -3.35. The summed E-state index contributed by atoms with van der Waals surface area (Å²) in [5.41, 5.74) is 0.950. The number of ether oxygens (including phenoxy) is 1. The van der Waals surface area contributed by atoms with Gasteiger partial charge in [-0.3, -0.25) is 0 Å². The highest BCUT2D eigenvalue weighted by molar-refractivity contribution is 7.89. The third kappa shape index (κ3) is 6.22. The Kier molecular flexibility index (Phi) is 7.51. The van der Waals surface area contributed by atoms with Crippen LogP contribution in [0.5, 0.6) is 0 Å². The Balaban J connectivity index is 2.68. The zero-order chi connectivity index (χ0) is 15.0. The van der Waals surface area contributed by atoms with Gasteiger partial charge in [0.2, 0.25) is 10.0 Å². The van der Waals surface area contributed by atoms with E-state index in [1.54, 1.807) is 0 Å². The molecule has 0 bridgehead atoms. The van der Waals surface area contributed by atoms with Gasteiger partial charge in [-0.1, -0.05) is 30.3 Å². The molecule has 0 radical (unpaired) electrons. The minimum absolute atomic E-state index is 0.0189. The molecular formula is C14H22ClNO3S. The molecule has 1 aromatic rings. The van der Waals surface area contributed by atoms with Crippen LogP contribution in [0.25, 0.3) is 0 Å². The monoisotopic (exact) mass is 319 g/mol. The molecule has 0 atom stereocenters. The summed E-state index contributed by atoms with van der Waals surface area (Å²) in [4.78, 5) is 0. The summed E-state index contributed by atoms with van der Waals surface area (Å²) in [6, 6.07) is 9.49. The highest BCUT2D eigenvalue weighted by Crippen LogP contribution is 2.10. The molecule has 0 amide bonds. The molecule has 1 rings (SSSR count). The van der Waals surface area contributed by atoms with Gasteiger partial charge in [-0.2, -0.15) is 4.31 Å². The van der Waals surface area contributed by atoms with Crippen molar-refractivity contribution in [2.75, 3.05) is 24.8 Å². The third-order valence-electron chi connectivity index (χ3n) is 2.72. The van der Waals surface area contributed by atoms with Gasteiger partial charge in [0.15, 0.2) is 0 Å². The van der Waals surface area contributed by atoms with Crippen LogP contribution in [0.15, 0.2) is 30.3 Å². The van der Waals surface area contributed by atoms with Crippen LogP contribution in [0, 0.1) is 0 Å². The van der Waals surface area contributed by atoms with E-state index in [9.17, 15) is 8.42 Å². The van der Waals surface area contributed by atoms with Crippen LogP contribution in [0.1, 0.15) is 19.4 Å². The third-order valence-corrected chi connectivity index (χ3v) is 4.67. The molecule has 1 aromatic carbocycles. The minimum Gasteiger partial charge on any atom is -0.378 e. The zero-order valence-electron chi connectivity index (χ0n) is 12.0. The van der Waals surface area contributed by atoms with E-state index < -0.39 is 10.0 Å². The Bertz CT molecular complexity index is 476. The predicted molar refractivity (Wildman–Crippen MR) is 82.4 cm³/mol. The summed E-state index contributed by atoms with van der Waals surface area (Å²) in [6.07, 6.45) is 0.0285. The lowest BCUT2D eigenvalue weighted by Gasteiger charge is -2.21. The number of halogens is 1. The van der Waals surface area contributed by atoms with Gasteiger partial charge < -0.3 is 4.74 Å². The molecule has 0 fully saturated rings. The minimum atomic E-state index is -3.35. The Morgan fingerprint density at radius 2 is 1.90 bits per heavy atom. The summed E-state index contributed by atoms with van der Waals surface area (Å²) in [5.74, 6) is 0.256. The van der Waals surface area contributed by atoms with Crippen molar-refractivity contribution in [1.29, 1.82) is 0 Å². The Labute approximate surface area is 126 Å². The van der Waals surface area contributed by atoms with E-state index in [1.807, 2.05) is 44.2 Å². The number of nitrogens with zero attached hydrogens (tertiary/aromatic N) is 1. The van der Waals surface area contributed by atoms with Crippen molar-refractivity contribution in [3.63, 3.8) is 0 Å². The van der Waals surface area contributed by atoms with E-state index in [0.717, 1.165) is 5.56 Å². The number of alkyl halides is 1. The number of sulfonamides is 1. The van der Waals surface area contributed by atoms with Crippen LogP contribution in [0.3, 0.4) is 0 Å². The zero-order valence-corrected chi connectivity index (χ0v) is 13.5. The second-order valence-electron chi connectivity index (χ2n) is 4.74. The highest BCUT2D eigenvalue weighted by atomic mass is 35.5. The van der Waals surface area contributed by atoms with Crippen LogP contribution < -0.4 is 0 Å². The van der Waals surface area contributed by atoms with E-state index in [2.05, 4.69) is 0 Å². The molecule has 0 aromatic heterocycles. The second-order valence-corrected chi connectivity index (χ2v) is 7.21. The lowest BCUT2D eigenvalue weighted by molar-refractivity contribution is 0.0906. The Hall–Kier alpha value is -0.620. The van der Waals surface area contributed by atoms with E-state index in [4.69, 9.17) is 16.3 Å².